The molecular formula is C12H18F2N2O3S. The molecule has 0 fully saturated rings. The Balaban J connectivity index is 3.22. The summed E-state index contributed by atoms with van der Waals surface area (Å²) in [5.74, 6) is -1.85. The van der Waals surface area contributed by atoms with Crippen molar-refractivity contribution >= 4 is 10.0 Å². The number of benzene rings is 1. The number of likely N-dealkylation sites (N-methyl/N-ethyl adjacent to an activating group) is 1. The van der Waals surface area contributed by atoms with E-state index >= 15 is 0 Å². The maximum absolute atomic E-state index is 14.2. The molecule has 0 aliphatic carbocycles. The quantitative estimate of drug-likeness (QED) is 0.815. The lowest BCUT2D eigenvalue weighted by Crippen LogP contribution is -2.31. The predicted octanol–water partition coefficient (Wildman–Crippen LogP) is 0.951. The number of methoxy groups -OCH3 is 1. The van der Waals surface area contributed by atoms with Gasteiger partial charge in [0.05, 0.1) is 6.61 Å². The van der Waals surface area contributed by atoms with Crippen LogP contribution in [0, 0.1) is 11.6 Å². The van der Waals surface area contributed by atoms with Crippen LogP contribution in [-0.4, -0.2) is 47.1 Å². The van der Waals surface area contributed by atoms with E-state index < -0.39 is 26.6 Å². The van der Waals surface area contributed by atoms with Gasteiger partial charge in [0.2, 0.25) is 10.0 Å². The van der Waals surface area contributed by atoms with Crippen molar-refractivity contribution < 1.29 is 21.9 Å². The lowest BCUT2D eigenvalue weighted by Gasteiger charge is -2.18. The minimum Gasteiger partial charge on any atom is -0.383 e. The van der Waals surface area contributed by atoms with E-state index in [0.29, 0.717) is 0 Å². The minimum absolute atomic E-state index is 0.0804. The zero-order valence-electron chi connectivity index (χ0n) is 11.6. The molecule has 0 aliphatic rings. The number of hydrogen-bond acceptors (Lipinski definition) is 4. The minimum atomic E-state index is -4.02. The van der Waals surface area contributed by atoms with Gasteiger partial charge in [0.25, 0.3) is 0 Å². The van der Waals surface area contributed by atoms with Crippen molar-refractivity contribution in [1.82, 2.24) is 9.62 Å². The van der Waals surface area contributed by atoms with Crippen LogP contribution < -0.4 is 5.32 Å². The highest BCUT2D eigenvalue weighted by Gasteiger charge is 2.27. The summed E-state index contributed by atoms with van der Waals surface area (Å²) in [5, 5.41) is 2.60. The number of nitrogens with one attached hydrogen (secondary N) is 1. The maximum atomic E-state index is 14.2. The summed E-state index contributed by atoms with van der Waals surface area (Å²) < 4.78 is 57.9. The Morgan fingerprint density at radius 2 is 2.00 bits per heavy atom. The summed E-state index contributed by atoms with van der Waals surface area (Å²) in [6, 6.07) is 1.88. The summed E-state index contributed by atoms with van der Waals surface area (Å²) in [6.45, 7) is 0.168. The Kier molecular flexibility index (Phi) is 6.00. The van der Waals surface area contributed by atoms with Crippen LogP contribution in [-0.2, 0) is 21.3 Å². The second-order valence-electron chi connectivity index (χ2n) is 4.19. The first-order valence-corrected chi connectivity index (χ1v) is 7.37. The van der Waals surface area contributed by atoms with Gasteiger partial charge >= 0.3 is 0 Å². The van der Waals surface area contributed by atoms with E-state index in [1.165, 1.54) is 21.2 Å². The normalized spacial score (nSPS) is 12.1. The highest BCUT2D eigenvalue weighted by molar-refractivity contribution is 7.89. The third-order valence-corrected chi connectivity index (χ3v) is 4.68. The van der Waals surface area contributed by atoms with E-state index in [0.717, 1.165) is 16.4 Å². The van der Waals surface area contributed by atoms with Gasteiger partial charge in [-0.2, -0.15) is 4.31 Å². The van der Waals surface area contributed by atoms with E-state index in [4.69, 9.17) is 4.74 Å². The van der Waals surface area contributed by atoms with E-state index in [1.54, 1.807) is 0 Å². The number of hydrogen-bond donors (Lipinski definition) is 1. The summed E-state index contributed by atoms with van der Waals surface area (Å²) in [5.41, 5.74) is -0.297. The Labute approximate surface area is 117 Å². The predicted molar refractivity (Wildman–Crippen MR) is 70.8 cm³/mol. The molecule has 0 saturated carbocycles. The Hall–Kier alpha value is -1.09. The van der Waals surface area contributed by atoms with Gasteiger partial charge < -0.3 is 10.1 Å². The number of nitrogens with zero attached hydrogens (tertiary/aromatic N) is 1. The summed E-state index contributed by atoms with van der Waals surface area (Å²) >= 11 is 0. The van der Waals surface area contributed by atoms with Gasteiger partial charge in [-0.3, -0.25) is 0 Å². The fourth-order valence-corrected chi connectivity index (χ4v) is 2.86. The molecule has 20 heavy (non-hydrogen) atoms. The first-order chi connectivity index (χ1) is 9.36. The van der Waals surface area contributed by atoms with Crippen molar-refractivity contribution in [2.75, 3.05) is 34.4 Å². The Morgan fingerprint density at radius 3 is 2.55 bits per heavy atom. The lowest BCUT2D eigenvalue weighted by molar-refractivity contribution is 0.185. The highest BCUT2D eigenvalue weighted by atomic mass is 32.2. The van der Waals surface area contributed by atoms with Crippen LogP contribution in [0.4, 0.5) is 8.78 Å². The van der Waals surface area contributed by atoms with Crippen LogP contribution >= 0.6 is 0 Å². The molecule has 8 heteroatoms. The van der Waals surface area contributed by atoms with E-state index in [2.05, 4.69) is 5.32 Å². The fraction of sp³-hybridized carbons (Fsp3) is 0.500. The van der Waals surface area contributed by atoms with E-state index in [-0.39, 0.29) is 25.3 Å². The summed E-state index contributed by atoms with van der Waals surface area (Å²) in [6.07, 6.45) is 0. The third kappa shape index (κ3) is 3.51. The standard InChI is InChI=1S/C12H18F2N2O3S/c1-15-8-9-10(13)4-5-11(12(9)14)20(17,18)16(2)6-7-19-3/h4-5,15H,6-8H2,1-3H3. The fourth-order valence-electron chi connectivity index (χ4n) is 1.62. The lowest BCUT2D eigenvalue weighted by atomic mass is 10.2. The van der Waals surface area contributed by atoms with Gasteiger partial charge in [-0.25, -0.2) is 17.2 Å². The first kappa shape index (κ1) is 17.0. The Morgan fingerprint density at radius 1 is 1.35 bits per heavy atom. The average molecular weight is 308 g/mol. The molecule has 0 atom stereocenters. The molecule has 0 amide bonds. The smallest absolute Gasteiger partial charge is 0.245 e. The topological polar surface area (TPSA) is 58.6 Å². The maximum Gasteiger partial charge on any atom is 0.245 e. The zero-order valence-corrected chi connectivity index (χ0v) is 12.4. The number of halogens is 2. The van der Waals surface area contributed by atoms with Gasteiger partial charge in [0.15, 0.2) is 5.82 Å². The molecule has 114 valence electrons. The molecule has 1 aromatic rings. The van der Waals surface area contributed by atoms with Crippen molar-refractivity contribution in [3.63, 3.8) is 0 Å². The van der Waals surface area contributed by atoms with Crippen molar-refractivity contribution in [2.24, 2.45) is 0 Å². The monoisotopic (exact) mass is 308 g/mol. The molecular weight excluding hydrogens is 290 g/mol. The third-order valence-electron chi connectivity index (χ3n) is 2.80. The van der Waals surface area contributed by atoms with Crippen LogP contribution in [0.5, 0.6) is 0 Å². The van der Waals surface area contributed by atoms with Gasteiger partial charge in [-0.15, -0.1) is 0 Å². The van der Waals surface area contributed by atoms with Crippen LogP contribution in [0.3, 0.4) is 0 Å². The van der Waals surface area contributed by atoms with Gasteiger partial charge in [-0.05, 0) is 19.2 Å². The van der Waals surface area contributed by atoms with E-state index in [1.807, 2.05) is 0 Å². The molecule has 0 aliphatic heterocycles. The SMILES string of the molecule is CNCc1c(F)ccc(S(=O)(=O)N(C)CCOC)c1F. The molecule has 0 unspecified atom stereocenters. The highest BCUT2D eigenvalue weighted by Crippen LogP contribution is 2.23. The average Bonchev–Trinajstić information content (AvgIpc) is 2.40. The van der Waals surface area contributed by atoms with Gasteiger partial charge in [0.1, 0.15) is 10.7 Å². The molecule has 1 N–H and O–H groups in total. The van der Waals surface area contributed by atoms with Crippen LogP contribution in [0.25, 0.3) is 0 Å². The number of rotatable bonds is 7. The van der Waals surface area contributed by atoms with Crippen molar-refractivity contribution in [2.45, 2.75) is 11.4 Å². The molecule has 0 spiro atoms. The second-order valence-corrected chi connectivity index (χ2v) is 6.20. The largest absolute Gasteiger partial charge is 0.383 e. The molecule has 0 heterocycles. The summed E-state index contributed by atoms with van der Waals surface area (Å²) in [4.78, 5) is -0.539. The van der Waals surface area contributed by atoms with Crippen molar-refractivity contribution in [1.29, 1.82) is 0 Å². The molecule has 1 rings (SSSR count). The van der Waals surface area contributed by atoms with Gasteiger partial charge in [-0.1, -0.05) is 0 Å². The van der Waals surface area contributed by atoms with Crippen LogP contribution in [0.2, 0.25) is 0 Å². The van der Waals surface area contributed by atoms with Crippen LogP contribution in [0.15, 0.2) is 17.0 Å². The zero-order chi connectivity index (χ0) is 15.3. The molecule has 0 aromatic heterocycles. The van der Waals surface area contributed by atoms with Crippen molar-refractivity contribution in [3.05, 3.63) is 29.3 Å². The number of sulfonamides is 1. The molecule has 0 radical (unpaired) electrons. The molecule has 1 aromatic carbocycles. The molecule has 0 bridgehead atoms. The van der Waals surface area contributed by atoms with Crippen LogP contribution in [0.1, 0.15) is 5.56 Å². The second kappa shape index (κ2) is 7.07. The number of ether oxygens (including phenoxy) is 1. The van der Waals surface area contributed by atoms with E-state index in [9.17, 15) is 17.2 Å². The van der Waals surface area contributed by atoms with Crippen molar-refractivity contribution in [3.8, 4) is 0 Å². The van der Waals surface area contributed by atoms with Gasteiger partial charge in [0, 0.05) is 32.8 Å². The molecule has 0 saturated heterocycles. The molecule has 5 nitrogen and oxygen atoms in total. The Bertz CT molecular complexity index is 564. The summed E-state index contributed by atoms with van der Waals surface area (Å²) in [7, 11) is 0.252. The first-order valence-electron chi connectivity index (χ1n) is 5.93.